The van der Waals surface area contributed by atoms with Crippen molar-refractivity contribution in [2.45, 2.75) is 26.2 Å². The quantitative estimate of drug-likeness (QED) is 0.820. The van der Waals surface area contributed by atoms with E-state index in [1.165, 1.54) is 19.1 Å². The lowest BCUT2D eigenvalue weighted by Gasteiger charge is -2.07. The molecular weight excluding hydrogens is 307 g/mol. The Bertz CT molecular complexity index is 682. The van der Waals surface area contributed by atoms with Crippen LogP contribution in [0.25, 0.3) is 0 Å². The van der Waals surface area contributed by atoms with Gasteiger partial charge in [-0.05, 0) is 48.2 Å². The third kappa shape index (κ3) is 6.20. The van der Waals surface area contributed by atoms with E-state index in [4.69, 9.17) is 0 Å². The van der Waals surface area contributed by atoms with Gasteiger partial charge in [-0.3, -0.25) is 9.59 Å². The number of carbonyl (C=O) groups excluding carboxylic acids is 2. The number of benzene rings is 2. The fourth-order valence-corrected chi connectivity index (χ4v) is 2.30. The molecule has 0 radical (unpaired) electrons. The number of anilines is 1. The second-order valence-corrected chi connectivity index (χ2v) is 5.60. The van der Waals surface area contributed by atoms with Gasteiger partial charge in [0, 0.05) is 25.6 Å². The Labute approximate surface area is 141 Å². The average Bonchev–Trinajstić information content (AvgIpc) is 2.55. The topological polar surface area (TPSA) is 58.2 Å². The number of rotatable bonds is 7. The van der Waals surface area contributed by atoms with Crippen molar-refractivity contribution in [2.75, 3.05) is 11.9 Å². The van der Waals surface area contributed by atoms with Crippen LogP contribution in [0.2, 0.25) is 0 Å². The van der Waals surface area contributed by atoms with Crippen molar-refractivity contribution in [3.8, 4) is 0 Å². The zero-order valence-electron chi connectivity index (χ0n) is 13.6. The first-order chi connectivity index (χ1) is 11.5. The number of aryl methyl sites for hydroxylation is 1. The molecule has 0 saturated heterocycles. The van der Waals surface area contributed by atoms with Gasteiger partial charge in [0.05, 0.1) is 0 Å². The number of hydrogen-bond donors (Lipinski definition) is 2. The van der Waals surface area contributed by atoms with E-state index in [2.05, 4.69) is 10.6 Å². The zero-order valence-corrected chi connectivity index (χ0v) is 13.6. The lowest BCUT2D eigenvalue weighted by molar-refractivity contribution is -0.121. The van der Waals surface area contributed by atoms with Crippen LogP contribution in [0.5, 0.6) is 0 Å². The molecule has 0 heterocycles. The number of amides is 2. The largest absolute Gasteiger partial charge is 0.356 e. The highest BCUT2D eigenvalue weighted by Gasteiger charge is 2.03. The van der Waals surface area contributed by atoms with Crippen molar-refractivity contribution in [3.63, 3.8) is 0 Å². The molecule has 2 rings (SSSR count). The molecule has 2 N–H and O–H groups in total. The van der Waals surface area contributed by atoms with E-state index in [0.717, 1.165) is 23.2 Å². The van der Waals surface area contributed by atoms with Crippen molar-refractivity contribution in [3.05, 3.63) is 65.5 Å². The lowest BCUT2D eigenvalue weighted by atomic mass is 10.1. The van der Waals surface area contributed by atoms with Crippen LogP contribution in [0.15, 0.2) is 48.5 Å². The van der Waals surface area contributed by atoms with Crippen LogP contribution in [-0.2, 0) is 22.4 Å². The van der Waals surface area contributed by atoms with E-state index in [9.17, 15) is 14.0 Å². The molecular formula is C19H21FN2O2. The zero-order chi connectivity index (χ0) is 17.4. The maximum atomic E-state index is 12.8. The molecule has 0 aliphatic carbocycles. The fraction of sp³-hybridized carbons (Fsp3) is 0.263. The van der Waals surface area contributed by atoms with Gasteiger partial charge in [0.15, 0.2) is 0 Å². The normalized spacial score (nSPS) is 10.2. The molecule has 0 aliphatic rings. The Morgan fingerprint density at radius 3 is 2.12 bits per heavy atom. The number of carbonyl (C=O) groups is 2. The van der Waals surface area contributed by atoms with E-state index >= 15 is 0 Å². The molecule has 0 atom stereocenters. The molecule has 0 fully saturated rings. The third-order valence-corrected chi connectivity index (χ3v) is 3.56. The highest BCUT2D eigenvalue weighted by molar-refractivity contribution is 5.88. The SMILES string of the molecule is CC(=O)Nc1ccc(CCNC(=O)CCc2ccc(F)cc2)cc1. The molecule has 2 aromatic rings. The van der Waals surface area contributed by atoms with Crippen molar-refractivity contribution in [1.82, 2.24) is 5.32 Å². The van der Waals surface area contributed by atoms with Crippen LogP contribution in [-0.4, -0.2) is 18.4 Å². The summed E-state index contributed by atoms with van der Waals surface area (Å²) in [6, 6.07) is 13.7. The van der Waals surface area contributed by atoms with Gasteiger partial charge < -0.3 is 10.6 Å². The van der Waals surface area contributed by atoms with E-state index in [1.54, 1.807) is 12.1 Å². The van der Waals surface area contributed by atoms with Crippen molar-refractivity contribution < 1.29 is 14.0 Å². The minimum Gasteiger partial charge on any atom is -0.356 e. The first kappa shape index (κ1) is 17.7. The molecule has 126 valence electrons. The second kappa shape index (κ2) is 8.82. The summed E-state index contributed by atoms with van der Waals surface area (Å²) in [5.74, 6) is -0.391. The van der Waals surface area contributed by atoms with Crippen molar-refractivity contribution >= 4 is 17.5 Å². The predicted molar refractivity (Wildman–Crippen MR) is 92.2 cm³/mol. The number of nitrogens with one attached hydrogen (secondary N) is 2. The summed E-state index contributed by atoms with van der Waals surface area (Å²) in [7, 11) is 0. The summed E-state index contributed by atoms with van der Waals surface area (Å²) in [5, 5.41) is 5.59. The van der Waals surface area contributed by atoms with Gasteiger partial charge in [0.1, 0.15) is 5.82 Å². The summed E-state index contributed by atoms with van der Waals surface area (Å²) in [6.07, 6.45) is 1.70. The maximum absolute atomic E-state index is 12.8. The van der Waals surface area contributed by atoms with E-state index < -0.39 is 0 Å². The van der Waals surface area contributed by atoms with Gasteiger partial charge in [-0.25, -0.2) is 4.39 Å². The molecule has 2 aromatic carbocycles. The fourth-order valence-electron chi connectivity index (χ4n) is 2.30. The van der Waals surface area contributed by atoms with Gasteiger partial charge >= 0.3 is 0 Å². The van der Waals surface area contributed by atoms with Crippen molar-refractivity contribution in [2.24, 2.45) is 0 Å². The highest BCUT2D eigenvalue weighted by atomic mass is 19.1. The van der Waals surface area contributed by atoms with Crippen LogP contribution in [0, 0.1) is 5.82 Å². The average molecular weight is 328 g/mol. The monoisotopic (exact) mass is 328 g/mol. The molecule has 0 spiro atoms. The van der Waals surface area contributed by atoms with Crippen molar-refractivity contribution in [1.29, 1.82) is 0 Å². The second-order valence-electron chi connectivity index (χ2n) is 5.60. The smallest absolute Gasteiger partial charge is 0.221 e. The molecule has 2 amide bonds. The summed E-state index contributed by atoms with van der Waals surface area (Å²) >= 11 is 0. The summed E-state index contributed by atoms with van der Waals surface area (Å²) in [4.78, 5) is 22.8. The van der Waals surface area contributed by atoms with Gasteiger partial charge in [0.25, 0.3) is 0 Å². The van der Waals surface area contributed by atoms with Gasteiger partial charge in [0.2, 0.25) is 11.8 Å². The van der Waals surface area contributed by atoms with Crippen LogP contribution in [0.1, 0.15) is 24.5 Å². The predicted octanol–water partition coefficient (Wildman–Crippen LogP) is 3.08. The molecule has 4 nitrogen and oxygen atoms in total. The molecule has 5 heteroatoms. The Hall–Kier alpha value is -2.69. The first-order valence-electron chi connectivity index (χ1n) is 7.90. The lowest BCUT2D eigenvalue weighted by Crippen LogP contribution is -2.25. The van der Waals surface area contributed by atoms with Crippen LogP contribution in [0.4, 0.5) is 10.1 Å². The van der Waals surface area contributed by atoms with E-state index in [1.807, 2.05) is 24.3 Å². The van der Waals surface area contributed by atoms with Gasteiger partial charge in [-0.2, -0.15) is 0 Å². The summed E-state index contributed by atoms with van der Waals surface area (Å²) in [5.41, 5.74) is 2.79. The Morgan fingerprint density at radius 2 is 1.50 bits per heavy atom. The highest BCUT2D eigenvalue weighted by Crippen LogP contribution is 2.10. The molecule has 0 bridgehead atoms. The summed E-state index contributed by atoms with van der Waals surface area (Å²) in [6.45, 7) is 2.02. The molecule has 24 heavy (non-hydrogen) atoms. The minimum absolute atomic E-state index is 0.0193. The molecule has 0 aliphatic heterocycles. The summed E-state index contributed by atoms with van der Waals surface area (Å²) < 4.78 is 12.8. The number of hydrogen-bond acceptors (Lipinski definition) is 2. The van der Waals surface area contributed by atoms with Crippen LogP contribution >= 0.6 is 0 Å². The minimum atomic E-state index is -0.271. The number of halogens is 1. The van der Waals surface area contributed by atoms with E-state index in [-0.39, 0.29) is 17.6 Å². The Balaban J connectivity index is 1.68. The molecule has 0 aromatic heterocycles. The molecule has 0 saturated carbocycles. The van der Waals surface area contributed by atoms with Gasteiger partial charge in [-0.15, -0.1) is 0 Å². The van der Waals surface area contributed by atoms with Crippen LogP contribution in [0.3, 0.4) is 0 Å². The maximum Gasteiger partial charge on any atom is 0.221 e. The molecule has 0 unspecified atom stereocenters. The van der Waals surface area contributed by atoms with Gasteiger partial charge in [-0.1, -0.05) is 24.3 Å². The van der Waals surface area contributed by atoms with E-state index in [0.29, 0.717) is 19.4 Å². The Kier molecular flexibility index (Phi) is 6.49. The Morgan fingerprint density at radius 1 is 0.917 bits per heavy atom. The standard InChI is InChI=1S/C19H21FN2O2/c1-14(23)22-18-9-4-16(5-10-18)12-13-21-19(24)11-6-15-2-7-17(20)8-3-15/h2-5,7-10H,6,11-13H2,1H3,(H,21,24)(H,22,23). The third-order valence-electron chi connectivity index (χ3n) is 3.56. The van der Waals surface area contributed by atoms with Crippen LogP contribution < -0.4 is 10.6 Å². The first-order valence-corrected chi connectivity index (χ1v) is 7.90.